The molecule has 0 radical (unpaired) electrons. The van der Waals surface area contributed by atoms with Gasteiger partial charge in [0, 0.05) is 18.8 Å². The molecule has 2 aromatic heterocycles. The minimum absolute atomic E-state index is 0.566. The summed E-state index contributed by atoms with van der Waals surface area (Å²) in [5.74, 6) is 1.32. The van der Waals surface area contributed by atoms with Crippen LogP contribution >= 0.6 is 22.6 Å². The van der Waals surface area contributed by atoms with Gasteiger partial charge in [0.25, 0.3) is 0 Å². The van der Waals surface area contributed by atoms with Crippen LogP contribution < -0.4 is 5.73 Å². The summed E-state index contributed by atoms with van der Waals surface area (Å²) in [7, 11) is 0. The molecule has 2 N–H and O–H groups in total. The molecule has 0 unspecified atom stereocenters. The monoisotopic (exact) mass is 340 g/mol. The zero-order chi connectivity index (χ0) is 12.3. The van der Waals surface area contributed by atoms with Crippen LogP contribution in [0.1, 0.15) is 24.0 Å². The van der Waals surface area contributed by atoms with Gasteiger partial charge in [-0.25, -0.2) is 9.97 Å². The van der Waals surface area contributed by atoms with Crippen LogP contribution in [0.4, 0.5) is 5.82 Å². The predicted molar refractivity (Wildman–Crippen MR) is 75.6 cm³/mol. The molecule has 0 amide bonds. The predicted octanol–water partition coefficient (Wildman–Crippen LogP) is 2.21. The van der Waals surface area contributed by atoms with E-state index in [1.165, 1.54) is 0 Å². The Hall–Kier alpha value is -1.24. The van der Waals surface area contributed by atoms with E-state index in [0.29, 0.717) is 12.2 Å². The molecule has 0 bridgehead atoms. The summed E-state index contributed by atoms with van der Waals surface area (Å²) < 4.78 is 0.958. The van der Waals surface area contributed by atoms with Gasteiger partial charge in [-0.1, -0.05) is 13.0 Å². The van der Waals surface area contributed by atoms with Gasteiger partial charge in [0.15, 0.2) is 0 Å². The van der Waals surface area contributed by atoms with Gasteiger partial charge >= 0.3 is 0 Å². The molecular formula is C12H13IN4. The first kappa shape index (κ1) is 12.2. The maximum Gasteiger partial charge on any atom is 0.140 e. The third kappa shape index (κ3) is 2.91. The van der Waals surface area contributed by atoms with Gasteiger partial charge in [0.1, 0.15) is 11.6 Å². The van der Waals surface area contributed by atoms with Crippen molar-refractivity contribution in [1.29, 1.82) is 0 Å². The molecule has 0 aliphatic rings. The Balaban J connectivity index is 2.31. The molecule has 0 spiro atoms. The van der Waals surface area contributed by atoms with Crippen LogP contribution in [-0.2, 0) is 12.8 Å². The highest BCUT2D eigenvalue weighted by atomic mass is 127. The maximum atomic E-state index is 5.88. The molecule has 0 aliphatic carbocycles. The van der Waals surface area contributed by atoms with Crippen LogP contribution in [0.25, 0.3) is 0 Å². The first-order valence-corrected chi connectivity index (χ1v) is 6.48. The van der Waals surface area contributed by atoms with E-state index in [1.54, 1.807) is 6.20 Å². The number of anilines is 1. The summed E-state index contributed by atoms with van der Waals surface area (Å²) in [6.07, 6.45) is 5.11. The van der Waals surface area contributed by atoms with Gasteiger partial charge in [0.2, 0.25) is 0 Å². The Bertz CT molecular complexity index is 513. The third-order valence-corrected chi connectivity index (χ3v) is 3.59. The fourth-order valence-electron chi connectivity index (χ4n) is 1.56. The fraction of sp³-hybridized carbons (Fsp3) is 0.250. The molecule has 0 aliphatic heterocycles. The molecule has 0 fully saturated rings. The quantitative estimate of drug-likeness (QED) is 0.871. The first-order valence-electron chi connectivity index (χ1n) is 5.40. The van der Waals surface area contributed by atoms with E-state index < -0.39 is 0 Å². The van der Waals surface area contributed by atoms with E-state index in [0.717, 1.165) is 27.1 Å². The normalized spacial score (nSPS) is 10.5. The van der Waals surface area contributed by atoms with Gasteiger partial charge < -0.3 is 5.73 Å². The number of rotatable bonds is 3. The summed E-state index contributed by atoms with van der Waals surface area (Å²) in [5.41, 5.74) is 7.98. The van der Waals surface area contributed by atoms with Crippen molar-refractivity contribution in [2.24, 2.45) is 0 Å². The Morgan fingerprint density at radius 3 is 2.82 bits per heavy atom. The van der Waals surface area contributed by atoms with Gasteiger partial charge in [0.05, 0.1) is 9.26 Å². The van der Waals surface area contributed by atoms with Crippen LogP contribution in [0.5, 0.6) is 0 Å². The summed E-state index contributed by atoms with van der Waals surface area (Å²) in [6.45, 7) is 2.07. The minimum Gasteiger partial charge on any atom is -0.383 e. The molecule has 0 atom stereocenters. The lowest BCUT2D eigenvalue weighted by Gasteiger charge is -2.07. The highest BCUT2D eigenvalue weighted by molar-refractivity contribution is 14.1. The van der Waals surface area contributed by atoms with E-state index >= 15 is 0 Å². The molecule has 0 aromatic carbocycles. The number of hydrogen-bond donors (Lipinski definition) is 1. The van der Waals surface area contributed by atoms with Gasteiger partial charge in [-0.2, -0.15) is 0 Å². The van der Waals surface area contributed by atoms with E-state index in [2.05, 4.69) is 44.5 Å². The second kappa shape index (κ2) is 5.39. The Labute approximate surface area is 114 Å². The smallest absolute Gasteiger partial charge is 0.140 e. The van der Waals surface area contributed by atoms with E-state index in [-0.39, 0.29) is 0 Å². The summed E-state index contributed by atoms with van der Waals surface area (Å²) >= 11 is 2.19. The standard InChI is InChI=1S/C12H13IN4/c1-2-9-11(13)12(14)17-10(16-9)6-8-4-3-5-15-7-8/h3-5,7H,2,6H2,1H3,(H2,14,16,17). The number of hydrogen-bond acceptors (Lipinski definition) is 4. The van der Waals surface area contributed by atoms with Crippen molar-refractivity contribution in [2.45, 2.75) is 19.8 Å². The van der Waals surface area contributed by atoms with Gasteiger partial charge in [-0.05, 0) is 40.6 Å². The molecule has 4 nitrogen and oxygen atoms in total. The van der Waals surface area contributed by atoms with Crippen molar-refractivity contribution < 1.29 is 0 Å². The zero-order valence-electron chi connectivity index (χ0n) is 9.52. The fourth-order valence-corrected chi connectivity index (χ4v) is 2.19. The van der Waals surface area contributed by atoms with Gasteiger partial charge in [-0.15, -0.1) is 0 Å². The van der Waals surface area contributed by atoms with Crippen molar-refractivity contribution in [3.05, 3.63) is 45.2 Å². The molecule has 88 valence electrons. The second-order valence-corrected chi connectivity index (χ2v) is 4.76. The van der Waals surface area contributed by atoms with Crippen molar-refractivity contribution in [2.75, 3.05) is 5.73 Å². The van der Waals surface area contributed by atoms with Crippen molar-refractivity contribution in [3.63, 3.8) is 0 Å². The van der Waals surface area contributed by atoms with Crippen molar-refractivity contribution in [1.82, 2.24) is 15.0 Å². The minimum atomic E-state index is 0.566. The molecule has 0 saturated carbocycles. The number of nitrogens with zero attached hydrogens (tertiary/aromatic N) is 3. The van der Waals surface area contributed by atoms with E-state index in [1.807, 2.05) is 18.3 Å². The maximum absolute atomic E-state index is 5.88. The highest BCUT2D eigenvalue weighted by Crippen LogP contribution is 2.17. The highest BCUT2D eigenvalue weighted by Gasteiger charge is 2.08. The van der Waals surface area contributed by atoms with Crippen molar-refractivity contribution >= 4 is 28.4 Å². The number of pyridine rings is 1. The number of nitrogen functional groups attached to an aromatic ring is 1. The third-order valence-electron chi connectivity index (χ3n) is 2.41. The number of nitrogens with two attached hydrogens (primary N) is 1. The average Bonchev–Trinajstić information content (AvgIpc) is 2.35. The molecule has 5 heteroatoms. The van der Waals surface area contributed by atoms with Gasteiger partial charge in [-0.3, -0.25) is 4.98 Å². The lowest BCUT2D eigenvalue weighted by atomic mass is 10.2. The number of halogens is 1. The van der Waals surface area contributed by atoms with Crippen LogP contribution in [0.2, 0.25) is 0 Å². The molecular weight excluding hydrogens is 327 g/mol. The Kier molecular flexibility index (Phi) is 3.88. The summed E-state index contributed by atoms with van der Waals surface area (Å²) in [4.78, 5) is 12.9. The first-order chi connectivity index (χ1) is 8.20. The van der Waals surface area contributed by atoms with Crippen LogP contribution in [0.15, 0.2) is 24.5 Å². The number of aromatic nitrogens is 3. The molecule has 17 heavy (non-hydrogen) atoms. The van der Waals surface area contributed by atoms with Crippen molar-refractivity contribution in [3.8, 4) is 0 Å². The second-order valence-electron chi connectivity index (χ2n) is 3.68. The lowest BCUT2D eigenvalue weighted by molar-refractivity contribution is 0.898. The molecule has 2 heterocycles. The van der Waals surface area contributed by atoms with Crippen LogP contribution in [0.3, 0.4) is 0 Å². The SMILES string of the molecule is CCc1nc(Cc2cccnc2)nc(N)c1I. The topological polar surface area (TPSA) is 64.7 Å². The number of aryl methyl sites for hydroxylation is 1. The largest absolute Gasteiger partial charge is 0.383 e. The Morgan fingerprint density at radius 1 is 1.35 bits per heavy atom. The zero-order valence-corrected chi connectivity index (χ0v) is 11.7. The lowest BCUT2D eigenvalue weighted by Crippen LogP contribution is -2.07. The van der Waals surface area contributed by atoms with Crippen LogP contribution in [0, 0.1) is 3.57 Å². The van der Waals surface area contributed by atoms with Crippen LogP contribution in [-0.4, -0.2) is 15.0 Å². The molecule has 0 saturated heterocycles. The van der Waals surface area contributed by atoms with E-state index in [4.69, 9.17) is 5.73 Å². The molecule has 2 rings (SSSR count). The summed E-state index contributed by atoms with van der Waals surface area (Å²) in [6, 6.07) is 3.92. The molecule has 2 aromatic rings. The van der Waals surface area contributed by atoms with E-state index in [9.17, 15) is 0 Å². The Morgan fingerprint density at radius 2 is 2.18 bits per heavy atom. The summed E-state index contributed by atoms with van der Waals surface area (Å²) in [5, 5.41) is 0. The average molecular weight is 340 g/mol.